The number of anilines is 1. The first-order chi connectivity index (χ1) is 8.50. The van der Waals surface area contributed by atoms with E-state index in [0.29, 0.717) is 30.1 Å². The van der Waals surface area contributed by atoms with Crippen molar-refractivity contribution in [3.05, 3.63) is 28.2 Å². The molecule has 0 aliphatic heterocycles. The lowest BCUT2D eigenvalue weighted by Gasteiger charge is -2.11. The normalized spacial score (nSPS) is 11.0. The Kier molecular flexibility index (Phi) is 6.57. The predicted octanol–water partition coefficient (Wildman–Crippen LogP) is 4.20. The van der Waals surface area contributed by atoms with E-state index in [1.807, 2.05) is 0 Å². The summed E-state index contributed by atoms with van der Waals surface area (Å²) in [7, 11) is 0. The molecule has 0 heterocycles. The number of hydrogen-bond donors (Lipinski definition) is 1. The maximum absolute atomic E-state index is 13.4. The summed E-state index contributed by atoms with van der Waals surface area (Å²) in [4.78, 5) is 0. The molecule has 0 fully saturated rings. The second-order valence-corrected chi connectivity index (χ2v) is 5.32. The molecule has 0 bridgehead atoms. The number of rotatable bonds is 7. The zero-order chi connectivity index (χ0) is 13.5. The molecule has 0 radical (unpaired) electrons. The first-order valence-electron chi connectivity index (χ1n) is 5.97. The number of benzene rings is 1. The average molecular weight is 322 g/mol. The van der Waals surface area contributed by atoms with Crippen molar-refractivity contribution in [3.8, 4) is 0 Å². The van der Waals surface area contributed by atoms with Crippen LogP contribution in [0.4, 0.5) is 14.5 Å². The van der Waals surface area contributed by atoms with Gasteiger partial charge in [-0.3, -0.25) is 0 Å². The van der Waals surface area contributed by atoms with Gasteiger partial charge in [0.1, 0.15) is 11.6 Å². The molecule has 1 rings (SSSR count). The van der Waals surface area contributed by atoms with Gasteiger partial charge in [0.2, 0.25) is 0 Å². The van der Waals surface area contributed by atoms with Gasteiger partial charge >= 0.3 is 0 Å². The zero-order valence-corrected chi connectivity index (χ0v) is 12.2. The second-order valence-electron chi connectivity index (χ2n) is 4.47. The van der Waals surface area contributed by atoms with Gasteiger partial charge in [0.05, 0.1) is 12.3 Å². The smallest absolute Gasteiger partial charge is 0.150 e. The van der Waals surface area contributed by atoms with Gasteiger partial charge in [0.15, 0.2) is 0 Å². The molecule has 0 atom stereocenters. The van der Waals surface area contributed by atoms with Gasteiger partial charge in [-0.15, -0.1) is 0 Å². The molecule has 1 aromatic carbocycles. The molecule has 0 spiro atoms. The van der Waals surface area contributed by atoms with Crippen molar-refractivity contribution in [1.29, 1.82) is 0 Å². The summed E-state index contributed by atoms with van der Waals surface area (Å²) in [6, 6.07) is 2.08. The topological polar surface area (TPSA) is 21.3 Å². The van der Waals surface area contributed by atoms with Gasteiger partial charge in [-0.2, -0.15) is 0 Å². The minimum absolute atomic E-state index is 0.267. The monoisotopic (exact) mass is 321 g/mol. The highest BCUT2D eigenvalue weighted by Crippen LogP contribution is 2.26. The van der Waals surface area contributed by atoms with E-state index in [9.17, 15) is 8.78 Å². The molecular formula is C13H18BrF2NO. The van der Waals surface area contributed by atoms with Crippen LogP contribution in [0.25, 0.3) is 0 Å². The van der Waals surface area contributed by atoms with E-state index in [-0.39, 0.29) is 5.69 Å². The number of nitrogens with one attached hydrogen (secondary N) is 1. The Bertz CT molecular complexity index is 362. The van der Waals surface area contributed by atoms with Gasteiger partial charge < -0.3 is 10.1 Å². The Morgan fingerprint density at radius 1 is 1.28 bits per heavy atom. The van der Waals surface area contributed by atoms with E-state index in [1.54, 1.807) is 0 Å². The maximum atomic E-state index is 13.4. The quantitative estimate of drug-likeness (QED) is 0.760. The number of ether oxygens (including phenoxy) is 1. The summed E-state index contributed by atoms with van der Waals surface area (Å²) < 4.78 is 32.0. The Hall–Kier alpha value is -0.680. The second kappa shape index (κ2) is 7.69. The zero-order valence-electron chi connectivity index (χ0n) is 10.6. The highest BCUT2D eigenvalue weighted by molar-refractivity contribution is 9.10. The van der Waals surface area contributed by atoms with Crippen molar-refractivity contribution in [3.63, 3.8) is 0 Å². The SMILES string of the molecule is CC(C)CCOCCNc1c(F)cc(F)cc1Br. The Balaban J connectivity index is 2.31. The third kappa shape index (κ3) is 5.31. The lowest BCUT2D eigenvalue weighted by molar-refractivity contribution is 0.132. The predicted molar refractivity (Wildman–Crippen MR) is 72.8 cm³/mol. The summed E-state index contributed by atoms with van der Waals surface area (Å²) in [5.74, 6) is -0.594. The minimum Gasteiger partial charge on any atom is -0.380 e. The lowest BCUT2D eigenvalue weighted by Crippen LogP contribution is -2.12. The summed E-state index contributed by atoms with van der Waals surface area (Å²) in [6.07, 6.45) is 1.01. The molecule has 0 amide bonds. The van der Waals surface area contributed by atoms with Crippen molar-refractivity contribution < 1.29 is 13.5 Å². The van der Waals surface area contributed by atoms with E-state index in [0.717, 1.165) is 12.5 Å². The van der Waals surface area contributed by atoms with Crippen LogP contribution < -0.4 is 5.32 Å². The van der Waals surface area contributed by atoms with Crippen molar-refractivity contribution in [2.24, 2.45) is 5.92 Å². The fourth-order valence-electron chi connectivity index (χ4n) is 1.38. The van der Waals surface area contributed by atoms with Crippen LogP contribution in [0.1, 0.15) is 20.3 Å². The molecule has 0 aliphatic carbocycles. The van der Waals surface area contributed by atoms with Crippen LogP contribution in [0.5, 0.6) is 0 Å². The van der Waals surface area contributed by atoms with Crippen molar-refractivity contribution in [1.82, 2.24) is 0 Å². The third-order valence-electron chi connectivity index (χ3n) is 2.39. The van der Waals surface area contributed by atoms with Crippen LogP contribution in [0.3, 0.4) is 0 Å². The van der Waals surface area contributed by atoms with Crippen LogP contribution >= 0.6 is 15.9 Å². The Labute approximate surface area is 115 Å². The molecule has 0 saturated carbocycles. The summed E-state index contributed by atoms with van der Waals surface area (Å²) in [5.41, 5.74) is 0.267. The summed E-state index contributed by atoms with van der Waals surface area (Å²) in [5, 5.41) is 2.88. The van der Waals surface area contributed by atoms with Crippen molar-refractivity contribution in [2.45, 2.75) is 20.3 Å². The Morgan fingerprint density at radius 3 is 2.61 bits per heavy atom. The molecule has 5 heteroatoms. The number of hydrogen-bond acceptors (Lipinski definition) is 2. The fourth-order valence-corrected chi connectivity index (χ4v) is 1.93. The van der Waals surface area contributed by atoms with Crippen LogP contribution in [0, 0.1) is 17.6 Å². The molecule has 0 unspecified atom stereocenters. The molecule has 1 aromatic rings. The molecule has 102 valence electrons. The van der Waals surface area contributed by atoms with Gasteiger partial charge in [0.25, 0.3) is 0 Å². The molecular weight excluding hydrogens is 304 g/mol. The standard InChI is InChI=1S/C13H18BrF2NO/c1-9(2)3-5-18-6-4-17-13-11(14)7-10(15)8-12(13)16/h7-9,17H,3-6H2,1-2H3. The summed E-state index contributed by atoms with van der Waals surface area (Å²) >= 11 is 3.12. The molecule has 0 aliphatic rings. The third-order valence-corrected chi connectivity index (χ3v) is 3.02. The highest BCUT2D eigenvalue weighted by atomic mass is 79.9. The van der Waals surface area contributed by atoms with Gasteiger partial charge in [-0.25, -0.2) is 8.78 Å². The molecule has 2 nitrogen and oxygen atoms in total. The van der Waals surface area contributed by atoms with Gasteiger partial charge in [0, 0.05) is 23.7 Å². The van der Waals surface area contributed by atoms with E-state index in [2.05, 4.69) is 35.1 Å². The average Bonchev–Trinajstić information content (AvgIpc) is 2.25. The molecule has 0 aromatic heterocycles. The Morgan fingerprint density at radius 2 is 2.00 bits per heavy atom. The van der Waals surface area contributed by atoms with E-state index < -0.39 is 11.6 Å². The van der Waals surface area contributed by atoms with Crippen LogP contribution in [0.15, 0.2) is 16.6 Å². The molecule has 18 heavy (non-hydrogen) atoms. The minimum atomic E-state index is -0.607. The molecule has 0 saturated heterocycles. The summed E-state index contributed by atoms with van der Waals surface area (Å²) in [6.45, 7) is 5.95. The van der Waals surface area contributed by atoms with Gasteiger partial charge in [-0.1, -0.05) is 13.8 Å². The fraction of sp³-hybridized carbons (Fsp3) is 0.538. The molecule has 1 N–H and O–H groups in total. The van der Waals surface area contributed by atoms with E-state index in [1.165, 1.54) is 6.07 Å². The van der Waals surface area contributed by atoms with E-state index in [4.69, 9.17) is 4.74 Å². The maximum Gasteiger partial charge on any atom is 0.150 e. The van der Waals surface area contributed by atoms with Crippen LogP contribution in [-0.4, -0.2) is 19.8 Å². The van der Waals surface area contributed by atoms with Gasteiger partial charge in [-0.05, 0) is 34.3 Å². The largest absolute Gasteiger partial charge is 0.380 e. The number of halogens is 3. The highest BCUT2D eigenvalue weighted by Gasteiger charge is 2.08. The lowest BCUT2D eigenvalue weighted by atomic mass is 10.1. The van der Waals surface area contributed by atoms with Crippen molar-refractivity contribution >= 4 is 21.6 Å². The first-order valence-corrected chi connectivity index (χ1v) is 6.76. The van der Waals surface area contributed by atoms with Crippen LogP contribution in [-0.2, 0) is 4.74 Å². The van der Waals surface area contributed by atoms with Crippen LogP contribution in [0.2, 0.25) is 0 Å². The van der Waals surface area contributed by atoms with E-state index >= 15 is 0 Å². The van der Waals surface area contributed by atoms with Crippen molar-refractivity contribution in [2.75, 3.05) is 25.1 Å². The first kappa shape index (κ1) is 15.4.